The number of carbonyl (C=O) groups excluding carboxylic acids is 1. The van der Waals surface area contributed by atoms with Crippen LogP contribution in [0, 0.1) is 10.1 Å². The molecule has 30 heavy (non-hydrogen) atoms. The second-order valence-electron chi connectivity index (χ2n) is 6.36. The van der Waals surface area contributed by atoms with Crippen LogP contribution in [0.5, 0.6) is 0 Å². The molecule has 2 aromatic rings. The minimum Gasteiger partial charge on any atom is -0.444 e. The summed E-state index contributed by atoms with van der Waals surface area (Å²) in [6, 6.07) is 6.67. The summed E-state index contributed by atoms with van der Waals surface area (Å²) in [6.45, 7) is -0.708. The molecule has 160 valence electrons. The van der Waals surface area contributed by atoms with E-state index in [1.54, 1.807) is 0 Å². The molecule has 1 saturated heterocycles. The molecule has 13 nitrogen and oxygen atoms in total. The van der Waals surface area contributed by atoms with Crippen LogP contribution in [-0.2, 0) is 16.1 Å². The number of aliphatic hydroxyl groups is 3. The highest BCUT2D eigenvalue weighted by molar-refractivity contribution is 5.83. The van der Waals surface area contributed by atoms with Crippen LogP contribution < -0.4 is 11.0 Å². The van der Waals surface area contributed by atoms with E-state index in [4.69, 9.17) is 14.6 Å². The van der Waals surface area contributed by atoms with Crippen molar-refractivity contribution in [3.8, 4) is 0 Å². The number of aromatic nitrogens is 2. The predicted octanol–water partition coefficient (Wildman–Crippen LogP) is -0.488. The fraction of sp³-hybridized carbons (Fsp3) is 0.353. The van der Waals surface area contributed by atoms with Crippen molar-refractivity contribution in [1.29, 1.82) is 0 Å². The van der Waals surface area contributed by atoms with Crippen LogP contribution in [0.2, 0.25) is 0 Å². The van der Waals surface area contributed by atoms with Crippen molar-refractivity contribution in [3.05, 3.63) is 62.7 Å². The summed E-state index contributed by atoms with van der Waals surface area (Å²) in [5.41, 5.74) is -0.455. The van der Waals surface area contributed by atoms with Gasteiger partial charge in [0.1, 0.15) is 30.7 Å². The Morgan fingerprint density at radius 3 is 2.53 bits per heavy atom. The molecule has 0 spiro atoms. The molecule has 3 rings (SSSR count). The molecule has 1 aromatic carbocycles. The Hall–Kier alpha value is -3.39. The van der Waals surface area contributed by atoms with Crippen LogP contribution in [-0.4, -0.2) is 60.8 Å². The number of ether oxygens (including phenoxy) is 2. The van der Waals surface area contributed by atoms with Gasteiger partial charge in [0.15, 0.2) is 6.23 Å². The standard InChI is InChI=1S/C17H18N4O9/c22-7-11-13(23)14(24)15(30-11)20-6-5-12(18-16(20)25)19-17(26)29-8-9-1-3-10(4-2-9)21(27)28/h1-6,11,13-15,22-24H,7-8H2,(H,18,19,25,26)/t11-,13-,14+,15-/m1/s1. The highest BCUT2D eigenvalue weighted by atomic mass is 16.6. The maximum absolute atomic E-state index is 12.2. The van der Waals surface area contributed by atoms with E-state index >= 15 is 0 Å². The van der Waals surface area contributed by atoms with Crippen molar-refractivity contribution in [2.45, 2.75) is 31.1 Å². The molecule has 4 N–H and O–H groups in total. The first-order chi connectivity index (χ1) is 14.3. The number of anilines is 1. The Morgan fingerprint density at radius 2 is 1.97 bits per heavy atom. The first kappa shape index (κ1) is 21.3. The Kier molecular flexibility index (Phi) is 6.37. The largest absolute Gasteiger partial charge is 0.444 e. The van der Waals surface area contributed by atoms with Crippen molar-refractivity contribution in [3.63, 3.8) is 0 Å². The number of nitro benzene ring substituents is 1. The van der Waals surface area contributed by atoms with Crippen LogP contribution in [0.4, 0.5) is 16.3 Å². The lowest BCUT2D eigenvalue weighted by Crippen LogP contribution is -2.36. The van der Waals surface area contributed by atoms with Crippen molar-refractivity contribution in [2.75, 3.05) is 11.9 Å². The highest BCUT2D eigenvalue weighted by Crippen LogP contribution is 2.28. The fourth-order valence-electron chi connectivity index (χ4n) is 2.79. The molecular weight excluding hydrogens is 404 g/mol. The third-order valence-electron chi connectivity index (χ3n) is 4.37. The number of nitro groups is 1. The average Bonchev–Trinajstić information content (AvgIpc) is 3.01. The number of aliphatic hydroxyl groups excluding tert-OH is 3. The van der Waals surface area contributed by atoms with Gasteiger partial charge in [-0.25, -0.2) is 9.59 Å². The first-order valence-electron chi connectivity index (χ1n) is 8.69. The van der Waals surface area contributed by atoms with E-state index in [2.05, 4.69) is 10.3 Å². The van der Waals surface area contributed by atoms with Gasteiger partial charge in [0.05, 0.1) is 11.5 Å². The van der Waals surface area contributed by atoms with Gasteiger partial charge in [-0.1, -0.05) is 0 Å². The van der Waals surface area contributed by atoms with E-state index < -0.39 is 47.9 Å². The molecule has 1 aromatic heterocycles. The summed E-state index contributed by atoms with van der Waals surface area (Å²) in [4.78, 5) is 37.8. The van der Waals surface area contributed by atoms with Crippen LogP contribution in [0.3, 0.4) is 0 Å². The molecular formula is C17H18N4O9. The van der Waals surface area contributed by atoms with E-state index in [9.17, 15) is 29.9 Å². The van der Waals surface area contributed by atoms with Gasteiger partial charge < -0.3 is 24.8 Å². The second kappa shape index (κ2) is 8.96. The number of amides is 1. The lowest BCUT2D eigenvalue weighted by Gasteiger charge is -2.17. The molecule has 1 amide bonds. The number of benzene rings is 1. The summed E-state index contributed by atoms with van der Waals surface area (Å²) in [5.74, 6) is -0.128. The van der Waals surface area contributed by atoms with E-state index in [1.807, 2.05) is 0 Å². The molecule has 0 aliphatic carbocycles. The zero-order chi connectivity index (χ0) is 21.8. The maximum atomic E-state index is 12.2. The smallest absolute Gasteiger partial charge is 0.413 e. The van der Waals surface area contributed by atoms with Gasteiger partial charge in [-0.2, -0.15) is 4.98 Å². The number of carbonyl (C=O) groups is 1. The predicted molar refractivity (Wildman–Crippen MR) is 98.4 cm³/mol. The third kappa shape index (κ3) is 4.60. The molecule has 0 radical (unpaired) electrons. The van der Waals surface area contributed by atoms with Crippen LogP contribution >= 0.6 is 0 Å². The normalized spacial score (nSPS) is 23.2. The number of hydrogen-bond donors (Lipinski definition) is 4. The third-order valence-corrected chi connectivity index (χ3v) is 4.37. The minimum absolute atomic E-state index is 0.0952. The lowest BCUT2D eigenvalue weighted by atomic mass is 10.1. The number of non-ortho nitro benzene ring substituents is 1. The Bertz CT molecular complexity index is 978. The minimum atomic E-state index is -1.45. The number of rotatable bonds is 6. The zero-order valence-electron chi connectivity index (χ0n) is 15.3. The molecule has 13 heteroatoms. The van der Waals surface area contributed by atoms with E-state index in [0.29, 0.717) is 5.56 Å². The number of nitrogens with zero attached hydrogens (tertiary/aromatic N) is 3. The molecule has 1 aliphatic heterocycles. The maximum Gasteiger partial charge on any atom is 0.413 e. The molecule has 0 unspecified atom stereocenters. The van der Waals surface area contributed by atoms with Crippen LogP contribution in [0.25, 0.3) is 0 Å². The Labute approximate surface area is 168 Å². The molecule has 2 heterocycles. The Morgan fingerprint density at radius 1 is 1.27 bits per heavy atom. The highest BCUT2D eigenvalue weighted by Gasteiger charge is 2.43. The van der Waals surface area contributed by atoms with Gasteiger partial charge in [0.2, 0.25) is 0 Å². The first-order valence-corrected chi connectivity index (χ1v) is 8.69. The van der Waals surface area contributed by atoms with Crippen molar-refractivity contribution in [2.24, 2.45) is 0 Å². The number of hydrogen-bond acceptors (Lipinski definition) is 10. The van der Waals surface area contributed by atoms with Gasteiger partial charge >= 0.3 is 11.8 Å². The molecule has 4 atom stereocenters. The topological polar surface area (TPSA) is 186 Å². The second-order valence-corrected chi connectivity index (χ2v) is 6.36. The monoisotopic (exact) mass is 422 g/mol. The van der Waals surface area contributed by atoms with Crippen LogP contribution in [0.1, 0.15) is 11.8 Å². The van der Waals surface area contributed by atoms with Crippen molar-refractivity contribution < 1.29 is 34.5 Å². The average molecular weight is 422 g/mol. The van der Waals surface area contributed by atoms with Gasteiger partial charge in [0, 0.05) is 18.3 Å². The summed E-state index contributed by atoms with van der Waals surface area (Å²) in [7, 11) is 0. The summed E-state index contributed by atoms with van der Waals surface area (Å²) in [5, 5.41) is 41.7. The van der Waals surface area contributed by atoms with Gasteiger partial charge in [0.25, 0.3) is 5.69 Å². The lowest BCUT2D eigenvalue weighted by molar-refractivity contribution is -0.384. The molecule has 0 saturated carbocycles. The molecule has 0 bridgehead atoms. The van der Waals surface area contributed by atoms with Gasteiger partial charge in [-0.15, -0.1) is 0 Å². The van der Waals surface area contributed by atoms with E-state index in [1.165, 1.54) is 36.5 Å². The van der Waals surface area contributed by atoms with Crippen molar-refractivity contribution >= 4 is 17.6 Å². The summed E-state index contributed by atoms with van der Waals surface area (Å²) in [6.07, 6.45) is -4.84. The molecule has 1 fully saturated rings. The van der Waals surface area contributed by atoms with Crippen molar-refractivity contribution in [1.82, 2.24) is 9.55 Å². The summed E-state index contributed by atoms with van der Waals surface area (Å²) >= 11 is 0. The van der Waals surface area contributed by atoms with Gasteiger partial charge in [-0.05, 0) is 23.8 Å². The fourth-order valence-corrected chi connectivity index (χ4v) is 2.79. The number of nitrogens with one attached hydrogen (secondary N) is 1. The molecule has 1 aliphatic rings. The quantitative estimate of drug-likeness (QED) is 0.349. The van der Waals surface area contributed by atoms with Gasteiger partial charge in [-0.3, -0.25) is 20.0 Å². The SMILES string of the molecule is O=C(Nc1ccn([C@@H]2O[C@H](CO)[C@@H](O)[C@@H]2O)c(=O)n1)OCc1ccc([N+](=O)[O-])cc1. The zero-order valence-corrected chi connectivity index (χ0v) is 15.3. The van der Waals surface area contributed by atoms with E-state index in [0.717, 1.165) is 4.57 Å². The van der Waals surface area contributed by atoms with Crippen LogP contribution in [0.15, 0.2) is 41.3 Å². The van der Waals surface area contributed by atoms with E-state index in [-0.39, 0.29) is 18.1 Å². The summed E-state index contributed by atoms with van der Waals surface area (Å²) < 4.78 is 11.1. The Balaban J connectivity index is 1.59.